The molecule has 3 N–H and O–H groups in total. The first-order valence-electron chi connectivity index (χ1n) is 6.08. The Morgan fingerprint density at radius 1 is 1.43 bits per heavy atom. The third kappa shape index (κ3) is 4.29. The lowest BCUT2D eigenvalue weighted by molar-refractivity contribution is 0.0947. The largest absolute Gasteiger partial charge is 0.352 e. The summed E-state index contributed by atoms with van der Waals surface area (Å²) in [5.74, 6) is -1.57. The Hall–Kier alpha value is -0.890. The molecule has 5 nitrogen and oxygen atoms in total. The number of amides is 1. The van der Waals surface area contributed by atoms with Crippen LogP contribution in [0.2, 0.25) is 10.0 Å². The molecule has 0 fully saturated rings. The van der Waals surface area contributed by atoms with Crippen LogP contribution in [-0.4, -0.2) is 20.9 Å². The molecule has 21 heavy (non-hydrogen) atoms. The SMILES string of the molecule is CCC(C)CNC(=O)c1cc(F)c(Cl)c(S(N)(=O)=O)c1Cl. The average molecular weight is 357 g/mol. The Morgan fingerprint density at radius 2 is 2.00 bits per heavy atom. The third-order valence-corrected chi connectivity index (χ3v) is 4.92. The Labute approximate surface area is 132 Å². The van der Waals surface area contributed by atoms with Gasteiger partial charge in [-0.2, -0.15) is 0 Å². The number of nitrogens with two attached hydrogens (primary N) is 1. The monoisotopic (exact) mass is 356 g/mol. The van der Waals surface area contributed by atoms with Gasteiger partial charge in [-0.1, -0.05) is 43.5 Å². The average Bonchev–Trinajstić information content (AvgIpc) is 2.38. The number of nitrogens with one attached hydrogen (secondary N) is 1. The molecule has 0 aromatic heterocycles. The number of rotatable bonds is 5. The van der Waals surface area contributed by atoms with Crippen molar-refractivity contribution in [3.05, 3.63) is 27.5 Å². The molecule has 0 aliphatic rings. The van der Waals surface area contributed by atoms with Crippen LogP contribution in [0.3, 0.4) is 0 Å². The zero-order valence-electron chi connectivity index (χ0n) is 11.4. The van der Waals surface area contributed by atoms with Crippen LogP contribution in [0, 0.1) is 11.7 Å². The fourth-order valence-corrected chi connectivity index (χ4v) is 3.29. The molecule has 0 aliphatic heterocycles. The molecule has 0 bridgehead atoms. The molecule has 1 aromatic rings. The van der Waals surface area contributed by atoms with Gasteiger partial charge < -0.3 is 5.32 Å². The van der Waals surface area contributed by atoms with E-state index in [0.717, 1.165) is 12.5 Å². The summed E-state index contributed by atoms with van der Waals surface area (Å²) < 4.78 is 36.5. The summed E-state index contributed by atoms with van der Waals surface area (Å²) in [4.78, 5) is 11.2. The van der Waals surface area contributed by atoms with E-state index in [9.17, 15) is 17.6 Å². The molecule has 0 heterocycles. The summed E-state index contributed by atoms with van der Waals surface area (Å²) in [6.07, 6.45) is 0.839. The number of sulfonamides is 1. The zero-order valence-corrected chi connectivity index (χ0v) is 13.7. The molecule has 0 aliphatic carbocycles. The second kappa shape index (κ2) is 6.91. The minimum atomic E-state index is -4.36. The molecule has 0 radical (unpaired) electrons. The van der Waals surface area contributed by atoms with Gasteiger partial charge in [0.2, 0.25) is 10.0 Å². The predicted molar refractivity (Wildman–Crippen MR) is 79.6 cm³/mol. The van der Waals surface area contributed by atoms with Crippen molar-refractivity contribution >= 4 is 39.1 Å². The van der Waals surface area contributed by atoms with Crippen molar-refractivity contribution in [3.63, 3.8) is 0 Å². The predicted octanol–water partition coefficient (Wildman–Crippen LogP) is 2.56. The first kappa shape index (κ1) is 18.2. The van der Waals surface area contributed by atoms with E-state index < -0.39 is 36.7 Å². The van der Waals surface area contributed by atoms with Gasteiger partial charge in [0, 0.05) is 6.54 Å². The van der Waals surface area contributed by atoms with Crippen LogP contribution in [0.15, 0.2) is 11.0 Å². The molecule has 0 saturated carbocycles. The van der Waals surface area contributed by atoms with Gasteiger partial charge >= 0.3 is 0 Å². The van der Waals surface area contributed by atoms with Crippen molar-refractivity contribution < 1.29 is 17.6 Å². The van der Waals surface area contributed by atoms with Crippen LogP contribution < -0.4 is 10.5 Å². The van der Waals surface area contributed by atoms with Gasteiger partial charge in [-0.25, -0.2) is 17.9 Å². The zero-order chi connectivity index (χ0) is 16.4. The number of carbonyl (C=O) groups excluding carboxylic acids is 1. The lowest BCUT2D eigenvalue weighted by Crippen LogP contribution is -2.29. The van der Waals surface area contributed by atoms with Gasteiger partial charge in [-0.05, 0) is 12.0 Å². The first-order chi connectivity index (χ1) is 9.59. The van der Waals surface area contributed by atoms with E-state index in [1.54, 1.807) is 0 Å². The van der Waals surface area contributed by atoms with Gasteiger partial charge in [0.15, 0.2) is 0 Å². The maximum Gasteiger partial charge on any atom is 0.252 e. The standard InChI is InChI=1S/C12H15Cl2FN2O3S/c1-3-6(2)5-17-12(18)7-4-8(15)10(14)11(9(7)13)21(16,19)20/h4,6H,3,5H2,1-2H3,(H,17,18)(H2,16,19,20). The Balaban J connectivity index is 3.27. The molecule has 1 unspecified atom stereocenters. The fourth-order valence-electron chi connectivity index (χ4n) is 1.50. The lowest BCUT2D eigenvalue weighted by atomic mass is 10.1. The van der Waals surface area contributed by atoms with E-state index in [0.29, 0.717) is 6.54 Å². The van der Waals surface area contributed by atoms with E-state index in [1.807, 2.05) is 13.8 Å². The highest BCUT2D eigenvalue weighted by Crippen LogP contribution is 2.33. The highest BCUT2D eigenvalue weighted by Gasteiger charge is 2.26. The molecule has 0 spiro atoms. The summed E-state index contributed by atoms with van der Waals surface area (Å²) in [5, 5.41) is 6.26. The van der Waals surface area contributed by atoms with E-state index in [1.165, 1.54) is 0 Å². The Kier molecular flexibility index (Phi) is 5.98. The van der Waals surface area contributed by atoms with E-state index >= 15 is 0 Å². The molecule has 1 atom stereocenters. The molecule has 1 aromatic carbocycles. The first-order valence-corrected chi connectivity index (χ1v) is 8.38. The van der Waals surface area contributed by atoms with E-state index in [4.69, 9.17) is 28.3 Å². The maximum absolute atomic E-state index is 13.7. The summed E-state index contributed by atoms with van der Waals surface area (Å²) >= 11 is 11.4. The van der Waals surface area contributed by atoms with E-state index in [-0.39, 0.29) is 11.5 Å². The minimum Gasteiger partial charge on any atom is -0.352 e. The van der Waals surface area contributed by atoms with Crippen LogP contribution in [0.1, 0.15) is 30.6 Å². The van der Waals surface area contributed by atoms with Crippen LogP contribution in [-0.2, 0) is 10.0 Å². The molecule has 118 valence electrons. The third-order valence-electron chi connectivity index (χ3n) is 2.95. The van der Waals surface area contributed by atoms with Crippen molar-refractivity contribution in [2.24, 2.45) is 11.1 Å². The smallest absolute Gasteiger partial charge is 0.252 e. The topological polar surface area (TPSA) is 89.3 Å². The number of halogens is 3. The normalized spacial score (nSPS) is 13.0. The molecular weight excluding hydrogens is 342 g/mol. The number of hydrogen-bond donors (Lipinski definition) is 2. The summed E-state index contributed by atoms with van der Waals surface area (Å²) in [7, 11) is -4.36. The lowest BCUT2D eigenvalue weighted by Gasteiger charge is -2.13. The quantitative estimate of drug-likeness (QED) is 0.794. The summed E-state index contributed by atoms with van der Waals surface area (Å²) in [6, 6.07) is 0.783. The Morgan fingerprint density at radius 3 is 2.48 bits per heavy atom. The molecule has 0 saturated heterocycles. The van der Waals surface area contributed by atoms with Gasteiger partial charge in [0.25, 0.3) is 5.91 Å². The number of benzene rings is 1. The minimum absolute atomic E-state index is 0.211. The van der Waals surface area contributed by atoms with Gasteiger partial charge in [0.1, 0.15) is 10.7 Å². The van der Waals surface area contributed by atoms with Crippen molar-refractivity contribution in [1.29, 1.82) is 0 Å². The molecular formula is C12H15Cl2FN2O3S. The van der Waals surface area contributed by atoms with Crippen LogP contribution in [0.25, 0.3) is 0 Å². The van der Waals surface area contributed by atoms with Gasteiger partial charge in [0.05, 0.1) is 15.6 Å². The molecule has 1 amide bonds. The number of primary sulfonamides is 1. The van der Waals surface area contributed by atoms with Crippen molar-refractivity contribution in [1.82, 2.24) is 5.32 Å². The van der Waals surface area contributed by atoms with Crippen LogP contribution in [0.4, 0.5) is 4.39 Å². The number of hydrogen-bond acceptors (Lipinski definition) is 3. The van der Waals surface area contributed by atoms with Crippen molar-refractivity contribution in [2.75, 3.05) is 6.54 Å². The Bertz CT molecular complexity index is 665. The van der Waals surface area contributed by atoms with Crippen LogP contribution >= 0.6 is 23.2 Å². The summed E-state index contributed by atoms with van der Waals surface area (Å²) in [6.45, 7) is 4.21. The second-order valence-corrected chi connectivity index (χ2v) is 6.89. The second-order valence-electron chi connectivity index (χ2n) is 4.63. The van der Waals surface area contributed by atoms with E-state index in [2.05, 4.69) is 5.32 Å². The van der Waals surface area contributed by atoms with Crippen molar-refractivity contribution in [3.8, 4) is 0 Å². The maximum atomic E-state index is 13.7. The highest BCUT2D eigenvalue weighted by atomic mass is 35.5. The van der Waals surface area contributed by atoms with Gasteiger partial charge in [-0.3, -0.25) is 4.79 Å². The highest BCUT2D eigenvalue weighted by molar-refractivity contribution is 7.89. The van der Waals surface area contributed by atoms with Crippen molar-refractivity contribution in [2.45, 2.75) is 25.2 Å². The number of carbonyl (C=O) groups is 1. The fraction of sp³-hybridized carbons (Fsp3) is 0.417. The molecule has 1 rings (SSSR count). The van der Waals surface area contributed by atoms with Crippen LogP contribution in [0.5, 0.6) is 0 Å². The summed E-state index contributed by atoms with van der Waals surface area (Å²) in [5.41, 5.74) is -0.328. The molecule has 9 heteroatoms. The van der Waals surface area contributed by atoms with Gasteiger partial charge in [-0.15, -0.1) is 0 Å².